The van der Waals surface area contributed by atoms with Gasteiger partial charge in [0.1, 0.15) is 0 Å². The van der Waals surface area contributed by atoms with E-state index >= 15 is 0 Å². The fraction of sp³-hybridized carbons (Fsp3) is 0.500. The Morgan fingerprint density at radius 2 is 1.95 bits per heavy atom. The largest absolute Gasteiger partial charge is 0.396 e. The lowest BCUT2D eigenvalue weighted by Crippen LogP contribution is -2.30. The molecule has 19 heavy (non-hydrogen) atoms. The fourth-order valence-electron chi connectivity index (χ4n) is 2.19. The van der Waals surface area contributed by atoms with Crippen LogP contribution in [-0.2, 0) is 0 Å². The number of aliphatic hydroxyl groups excluding tert-OH is 1. The zero-order valence-corrected chi connectivity index (χ0v) is 11.6. The van der Waals surface area contributed by atoms with E-state index in [4.69, 9.17) is 0 Å². The maximum Gasteiger partial charge on any atom is 0.323 e. The molecule has 1 atom stereocenters. The molecule has 0 saturated heterocycles. The number of aromatic nitrogens is 2. The molecule has 0 bridgehead atoms. The van der Waals surface area contributed by atoms with Crippen molar-refractivity contribution in [3.8, 4) is 0 Å². The molecule has 1 aromatic carbocycles. The maximum absolute atomic E-state index is 11.2. The van der Waals surface area contributed by atoms with Crippen molar-refractivity contribution in [2.45, 2.75) is 13.8 Å². The monoisotopic (exact) mass is 263 g/mol. The summed E-state index contributed by atoms with van der Waals surface area (Å²) in [4.78, 5) is 18.8. The smallest absolute Gasteiger partial charge is 0.323 e. The van der Waals surface area contributed by atoms with Gasteiger partial charge in [-0.15, -0.1) is 0 Å². The van der Waals surface area contributed by atoms with Crippen LogP contribution < -0.4 is 10.6 Å². The first-order valence-electron chi connectivity index (χ1n) is 6.55. The standard InChI is InChI=1S/C14H21N3O2/c1-9(2)10(8-18)7-17(3)11-4-5-12-13(6-11)16-14(19)15-12/h4-6,9-10,18H,7-8H2,1-3H3,(H2,15,16,19). The molecular weight excluding hydrogens is 242 g/mol. The Hall–Kier alpha value is -1.75. The summed E-state index contributed by atoms with van der Waals surface area (Å²) in [5.41, 5.74) is 2.45. The molecule has 1 heterocycles. The minimum Gasteiger partial charge on any atom is -0.396 e. The summed E-state index contributed by atoms with van der Waals surface area (Å²) in [6.45, 7) is 5.20. The topological polar surface area (TPSA) is 72.1 Å². The highest BCUT2D eigenvalue weighted by molar-refractivity contribution is 5.78. The molecule has 0 amide bonds. The molecule has 1 unspecified atom stereocenters. The van der Waals surface area contributed by atoms with Crippen molar-refractivity contribution in [3.05, 3.63) is 28.7 Å². The third kappa shape index (κ3) is 2.98. The van der Waals surface area contributed by atoms with Gasteiger partial charge < -0.3 is 20.0 Å². The van der Waals surface area contributed by atoms with Crippen LogP contribution in [-0.4, -0.2) is 35.3 Å². The van der Waals surface area contributed by atoms with Crippen LogP contribution in [0.4, 0.5) is 5.69 Å². The van der Waals surface area contributed by atoms with Gasteiger partial charge >= 0.3 is 5.69 Å². The number of fused-ring (bicyclic) bond motifs is 1. The van der Waals surface area contributed by atoms with Crippen molar-refractivity contribution < 1.29 is 5.11 Å². The van der Waals surface area contributed by atoms with Gasteiger partial charge in [0, 0.05) is 31.8 Å². The number of imidazole rings is 1. The van der Waals surface area contributed by atoms with Crippen molar-refractivity contribution in [2.75, 3.05) is 25.1 Å². The normalized spacial score (nSPS) is 13.1. The highest BCUT2D eigenvalue weighted by atomic mass is 16.3. The first-order valence-corrected chi connectivity index (χ1v) is 6.55. The number of nitrogens with zero attached hydrogens (tertiary/aromatic N) is 1. The van der Waals surface area contributed by atoms with Crippen LogP contribution in [0, 0.1) is 11.8 Å². The van der Waals surface area contributed by atoms with Gasteiger partial charge in [-0.3, -0.25) is 0 Å². The quantitative estimate of drug-likeness (QED) is 0.766. The van der Waals surface area contributed by atoms with E-state index in [0.717, 1.165) is 23.3 Å². The molecule has 3 N–H and O–H groups in total. The van der Waals surface area contributed by atoms with E-state index in [9.17, 15) is 9.90 Å². The minimum absolute atomic E-state index is 0.186. The van der Waals surface area contributed by atoms with Gasteiger partial charge in [0.25, 0.3) is 0 Å². The van der Waals surface area contributed by atoms with Crippen molar-refractivity contribution in [1.82, 2.24) is 9.97 Å². The molecular formula is C14H21N3O2. The van der Waals surface area contributed by atoms with Crippen LogP contribution in [0.1, 0.15) is 13.8 Å². The average Bonchev–Trinajstić information content (AvgIpc) is 2.74. The molecule has 104 valence electrons. The summed E-state index contributed by atoms with van der Waals surface area (Å²) >= 11 is 0. The molecule has 0 aliphatic rings. The van der Waals surface area contributed by atoms with Gasteiger partial charge in [0.2, 0.25) is 0 Å². The van der Waals surface area contributed by atoms with E-state index < -0.39 is 0 Å². The molecule has 0 fully saturated rings. The van der Waals surface area contributed by atoms with E-state index in [1.54, 1.807) is 0 Å². The number of nitrogens with one attached hydrogen (secondary N) is 2. The molecule has 2 rings (SSSR count). The second-order valence-corrected chi connectivity index (χ2v) is 5.38. The Kier molecular flexibility index (Phi) is 3.95. The second kappa shape index (κ2) is 5.48. The highest BCUT2D eigenvalue weighted by Gasteiger charge is 2.15. The Labute approximate surface area is 112 Å². The summed E-state index contributed by atoms with van der Waals surface area (Å²) in [6.07, 6.45) is 0. The predicted molar refractivity (Wildman–Crippen MR) is 77.6 cm³/mol. The Balaban J connectivity index is 2.20. The van der Waals surface area contributed by atoms with Crippen molar-refractivity contribution in [1.29, 1.82) is 0 Å². The van der Waals surface area contributed by atoms with Crippen LogP contribution in [0.15, 0.2) is 23.0 Å². The minimum atomic E-state index is -0.190. The zero-order chi connectivity index (χ0) is 14.0. The fourth-order valence-corrected chi connectivity index (χ4v) is 2.19. The van der Waals surface area contributed by atoms with Crippen LogP contribution >= 0.6 is 0 Å². The van der Waals surface area contributed by atoms with Crippen LogP contribution in [0.2, 0.25) is 0 Å². The summed E-state index contributed by atoms with van der Waals surface area (Å²) in [7, 11) is 2.00. The number of hydrogen-bond donors (Lipinski definition) is 3. The SMILES string of the molecule is CC(C)C(CO)CN(C)c1ccc2[nH]c(=O)[nH]c2c1. The number of anilines is 1. The van der Waals surface area contributed by atoms with Crippen molar-refractivity contribution in [2.24, 2.45) is 11.8 Å². The molecule has 0 aliphatic carbocycles. The lowest BCUT2D eigenvalue weighted by molar-refractivity contribution is 0.193. The summed E-state index contributed by atoms with van der Waals surface area (Å²) in [5.74, 6) is 0.675. The van der Waals surface area contributed by atoms with Crippen molar-refractivity contribution in [3.63, 3.8) is 0 Å². The Morgan fingerprint density at radius 3 is 2.58 bits per heavy atom. The first-order chi connectivity index (χ1) is 9.01. The summed E-state index contributed by atoms with van der Waals surface area (Å²) in [5, 5.41) is 9.39. The molecule has 0 radical (unpaired) electrons. The van der Waals surface area contributed by atoms with Gasteiger partial charge in [-0.25, -0.2) is 4.79 Å². The van der Waals surface area contributed by atoms with Gasteiger partial charge in [-0.1, -0.05) is 13.8 Å². The van der Waals surface area contributed by atoms with E-state index in [-0.39, 0.29) is 18.2 Å². The average molecular weight is 263 g/mol. The van der Waals surface area contributed by atoms with Gasteiger partial charge in [-0.2, -0.15) is 0 Å². The highest BCUT2D eigenvalue weighted by Crippen LogP contribution is 2.20. The van der Waals surface area contributed by atoms with Crippen LogP contribution in [0.5, 0.6) is 0 Å². The second-order valence-electron chi connectivity index (χ2n) is 5.38. The molecule has 0 saturated carbocycles. The van der Waals surface area contributed by atoms with Gasteiger partial charge in [0.15, 0.2) is 0 Å². The predicted octanol–water partition coefficient (Wildman–Crippen LogP) is 1.56. The lowest BCUT2D eigenvalue weighted by Gasteiger charge is -2.27. The van der Waals surface area contributed by atoms with E-state index in [1.807, 2.05) is 25.2 Å². The third-order valence-electron chi connectivity index (χ3n) is 3.63. The molecule has 0 aliphatic heterocycles. The van der Waals surface area contributed by atoms with E-state index in [1.165, 1.54) is 0 Å². The first kappa shape index (κ1) is 13.7. The Morgan fingerprint density at radius 1 is 1.26 bits per heavy atom. The van der Waals surface area contributed by atoms with Crippen LogP contribution in [0.25, 0.3) is 11.0 Å². The molecule has 2 aromatic rings. The van der Waals surface area contributed by atoms with Crippen molar-refractivity contribution >= 4 is 16.7 Å². The molecule has 0 spiro atoms. The zero-order valence-electron chi connectivity index (χ0n) is 11.6. The summed E-state index contributed by atoms with van der Waals surface area (Å²) < 4.78 is 0. The molecule has 1 aromatic heterocycles. The number of benzene rings is 1. The number of H-pyrrole nitrogens is 2. The van der Waals surface area contributed by atoms with E-state index in [2.05, 4.69) is 28.7 Å². The number of rotatable bonds is 5. The summed E-state index contributed by atoms with van der Waals surface area (Å²) in [6, 6.07) is 5.81. The van der Waals surface area contributed by atoms with Crippen LogP contribution in [0.3, 0.4) is 0 Å². The maximum atomic E-state index is 11.2. The number of aromatic amines is 2. The number of hydrogen-bond acceptors (Lipinski definition) is 3. The Bertz CT molecular complexity index is 600. The number of aliphatic hydroxyl groups is 1. The van der Waals surface area contributed by atoms with E-state index in [0.29, 0.717) is 5.92 Å². The van der Waals surface area contributed by atoms with Gasteiger partial charge in [0.05, 0.1) is 11.0 Å². The van der Waals surface area contributed by atoms with Gasteiger partial charge in [-0.05, 0) is 24.1 Å². The lowest BCUT2D eigenvalue weighted by atomic mass is 9.96. The molecule has 5 heteroatoms. The molecule has 5 nitrogen and oxygen atoms in total. The third-order valence-corrected chi connectivity index (χ3v) is 3.63.